The summed E-state index contributed by atoms with van der Waals surface area (Å²) >= 11 is 1.56. The largest absolute Gasteiger partial charge is 0.381 e. The molecule has 2 unspecified atom stereocenters. The van der Waals surface area contributed by atoms with Gasteiger partial charge >= 0.3 is 0 Å². The number of methoxy groups -OCH3 is 1. The average molecular weight is 214 g/mol. The van der Waals surface area contributed by atoms with Crippen LogP contribution in [0.1, 0.15) is 11.3 Å². The lowest BCUT2D eigenvalue weighted by molar-refractivity contribution is -0.168. The topological polar surface area (TPSA) is 38.7 Å². The number of rotatable bonds is 2. The van der Waals surface area contributed by atoms with Gasteiger partial charge in [-0.3, -0.25) is 0 Å². The Morgan fingerprint density at radius 1 is 1.71 bits per heavy atom. The summed E-state index contributed by atoms with van der Waals surface area (Å²) in [5.41, 5.74) is -0.860. The quantitative estimate of drug-likeness (QED) is 0.808. The zero-order valence-corrected chi connectivity index (χ0v) is 8.92. The molecular weight excluding hydrogens is 200 g/mol. The van der Waals surface area contributed by atoms with E-state index in [0.717, 1.165) is 4.88 Å². The van der Waals surface area contributed by atoms with Crippen LogP contribution < -0.4 is 0 Å². The molecule has 3 nitrogen and oxygen atoms in total. The van der Waals surface area contributed by atoms with Crippen molar-refractivity contribution in [2.75, 3.05) is 20.3 Å². The van der Waals surface area contributed by atoms with E-state index in [9.17, 15) is 5.11 Å². The number of aliphatic hydroxyl groups is 1. The summed E-state index contributed by atoms with van der Waals surface area (Å²) in [7, 11) is 1.61. The Balaban J connectivity index is 2.27. The Kier molecular flexibility index (Phi) is 2.88. The predicted molar refractivity (Wildman–Crippen MR) is 54.4 cm³/mol. The molecule has 2 heterocycles. The van der Waals surface area contributed by atoms with E-state index >= 15 is 0 Å². The Labute approximate surface area is 87.3 Å². The van der Waals surface area contributed by atoms with Gasteiger partial charge in [0, 0.05) is 25.0 Å². The van der Waals surface area contributed by atoms with Crippen LogP contribution in [0.25, 0.3) is 0 Å². The Bertz CT molecular complexity index is 286. The van der Waals surface area contributed by atoms with E-state index < -0.39 is 5.60 Å². The molecule has 1 aliphatic rings. The van der Waals surface area contributed by atoms with Gasteiger partial charge in [0.1, 0.15) is 11.7 Å². The van der Waals surface area contributed by atoms with Crippen molar-refractivity contribution in [2.45, 2.75) is 18.1 Å². The number of thiophene rings is 1. The Morgan fingerprint density at radius 2 is 2.57 bits per heavy atom. The summed E-state index contributed by atoms with van der Waals surface area (Å²) in [4.78, 5) is 0.965. The molecule has 2 rings (SSSR count). The van der Waals surface area contributed by atoms with Crippen LogP contribution in [-0.4, -0.2) is 31.5 Å². The molecule has 4 heteroatoms. The second kappa shape index (κ2) is 3.98. The minimum Gasteiger partial charge on any atom is -0.381 e. The molecular formula is C10H14O3S. The van der Waals surface area contributed by atoms with Crippen LogP contribution in [0.3, 0.4) is 0 Å². The molecule has 1 aromatic heterocycles. The molecule has 1 saturated heterocycles. The van der Waals surface area contributed by atoms with Crippen molar-refractivity contribution in [1.82, 2.24) is 0 Å². The molecule has 1 aliphatic heterocycles. The molecule has 0 aromatic carbocycles. The zero-order valence-electron chi connectivity index (χ0n) is 8.10. The molecule has 0 saturated carbocycles. The molecule has 0 spiro atoms. The van der Waals surface area contributed by atoms with Gasteiger partial charge in [-0.1, -0.05) is 6.07 Å². The molecule has 14 heavy (non-hydrogen) atoms. The third kappa shape index (κ3) is 1.59. The van der Waals surface area contributed by atoms with Crippen LogP contribution in [0, 0.1) is 0 Å². The van der Waals surface area contributed by atoms with Gasteiger partial charge in [0.15, 0.2) is 0 Å². The highest BCUT2D eigenvalue weighted by molar-refractivity contribution is 7.10. The molecule has 0 amide bonds. The summed E-state index contributed by atoms with van der Waals surface area (Å²) < 4.78 is 10.5. The van der Waals surface area contributed by atoms with Crippen molar-refractivity contribution in [3.63, 3.8) is 0 Å². The van der Waals surface area contributed by atoms with Crippen LogP contribution in [0.15, 0.2) is 17.5 Å². The molecule has 1 aromatic rings. The van der Waals surface area contributed by atoms with Crippen molar-refractivity contribution < 1.29 is 14.6 Å². The van der Waals surface area contributed by atoms with E-state index in [1.807, 2.05) is 17.5 Å². The van der Waals surface area contributed by atoms with E-state index in [4.69, 9.17) is 9.47 Å². The van der Waals surface area contributed by atoms with Crippen LogP contribution >= 0.6 is 11.3 Å². The van der Waals surface area contributed by atoms with Crippen LogP contribution in [0.2, 0.25) is 0 Å². The van der Waals surface area contributed by atoms with Gasteiger partial charge in [0.25, 0.3) is 0 Å². The maximum Gasteiger partial charge on any atom is 0.129 e. The van der Waals surface area contributed by atoms with Gasteiger partial charge < -0.3 is 14.6 Å². The van der Waals surface area contributed by atoms with Crippen LogP contribution in [0.5, 0.6) is 0 Å². The highest BCUT2D eigenvalue weighted by atomic mass is 32.1. The molecule has 2 atom stereocenters. The normalized spacial score (nSPS) is 33.1. The first-order chi connectivity index (χ1) is 6.77. The van der Waals surface area contributed by atoms with E-state index in [0.29, 0.717) is 19.6 Å². The molecule has 1 N–H and O–H groups in total. The van der Waals surface area contributed by atoms with Crippen molar-refractivity contribution in [1.29, 1.82) is 0 Å². The number of ether oxygens (including phenoxy) is 2. The smallest absolute Gasteiger partial charge is 0.129 e. The first-order valence-corrected chi connectivity index (χ1v) is 5.52. The minimum atomic E-state index is -0.860. The molecule has 1 fully saturated rings. The first-order valence-electron chi connectivity index (χ1n) is 4.64. The van der Waals surface area contributed by atoms with E-state index in [1.165, 1.54) is 0 Å². The Morgan fingerprint density at radius 3 is 3.21 bits per heavy atom. The predicted octanol–water partition coefficient (Wildman–Crippen LogP) is 1.37. The van der Waals surface area contributed by atoms with Crippen molar-refractivity contribution in [3.8, 4) is 0 Å². The van der Waals surface area contributed by atoms with E-state index in [1.54, 1.807) is 18.4 Å². The van der Waals surface area contributed by atoms with Gasteiger partial charge in [-0.2, -0.15) is 0 Å². The van der Waals surface area contributed by atoms with Gasteiger partial charge in [0.2, 0.25) is 0 Å². The van der Waals surface area contributed by atoms with Gasteiger partial charge in [-0.25, -0.2) is 0 Å². The lowest BCUT2D eigenvalue weighted by Gasteiger charge is -2.38. The fourth-order valence-electron chi connectivity index (χ4n) is 1.79. The van der Waals surface area contributed by atoms with E-state index in [-0.39, 0.29) is 6.10 Å². The van der Waals surface area contributed by atoms with Crippen molar-refractivity contribution >= 4 is 11.3 Å². The standard InChI is InChI=1S/C10H14O3S/c1-12-8-7-13-5-4-10(8,11)9-3-2-6-14-9/h2-3,6,8,11H,4-5,7H2,1H3. The molecule has 0 aliphatic carbocycles. The average Bonchev–Trinajstić information content (AvgIpc) is 2.72. The van der Waals surface area contributed by atoms with E-state index in [2.05, 4.69) is 0 Å². The number of hydrogen-bond donors (Lipinski definition) is 1. The van der Waals surface area contributed by atoms with Gasteiger partial charge in [-0.05, 0) is 11.4 Å². The SMILES string of the molecule is COC1COCCC1(O)c1cccs1. The first kappa shape index (κ1) is 10.1. The fourth-order valence-corrected chi connectivity index (χ4v) is 2.69. The maximum absolute atomic E-state index is 10.5. The third-order valence-corrected chi connectivity index (χ3v) is 3.70. The summed E-state index contributed by atoms with van der Waals surface area (Å²) in [6.45, 7) is 1.05. The highest BCUT2D eigenvalue weighted by Gasteiger charge is 2.42. The molecule has 0 radical (unpaired) electrons. The lowest BCUT2D eigenvalue weighted by atomic mass is 9.90. The number of hydrogen-bond acceptors (Lipinski definition) is 4. The highest BCUT2D eigenvalue weighted by Crippen LogP contribution is 2.36. The summed E-state index contributed by atoms with van der Waals surface area (Å²) in [5, 5.41) is 12.5. The monoisotopic (exact) mass is 214 g/mol. The summed E-state index contributed by atoms with van der Waals surface area (Å²) in [6, 6.07) is 3.89. The summed E-state index contributed by atoms with van der Waals surface area (Å²) in [5.74, 6) is 0. The molecule has 78 valence electrons. The minimum absolute atomic E-state index is 0.255. The van der Waals surface area contributed by atoms with Crippen molar-refractivity contribution in [3.05, 3.63) is 22.4 Å². The maximum atomic E-state index is 10.5. The second-order valence-corrected chi connectivity index (χ2v) is 4.40. The fraction of sp³-hybridized carbons (Fsp3) is 0.600. The lowest BCUT2D eigenvalue weighted by Crippen LogP contribution is -2.47. The second-order valence-electron chi connectivity index (χ2n) is 3.45. The van der Waals surface area contributed by atoms with Crippen molar-refractivity contribution in [2.24, 2.45) is 0 Å². The van der Waals surface area contributed by atoms with Gasteiger partial charge in [0.05, 0.1) is 6.61 Å². The van der Waals surface area contributed by atoms with Crippen LogP contribution in [-0.2, 0) is 15.1 Å². The summed E-state index contributed by atoms with van der Waals surface area (Å²) in [6.07, 6.45) is 0.348. The Hall–Kier alpha value is -0.420. The third-order valence-electron chi connectivity index (χ3n) is 2.66. The molecule has 0 bridgehead atoms. The van der Waals surface area contributed by atoms with Gasteiger partial charge in [-0.15, -0.1) is 11.3 Å². The zero-order chi connectivity index (χ0) is 10.0. The van der Waals surface area contributed by atoms with Crippen LogP contribution in [0.4, 0.5) is 0 Å².